The number of nitrogens with two attached hydrogens (primary N) is 1. The maximum Gasteiger partial charge on any atom is 0.335 e. The molecule has 0 aliphatic rings. The summed E-state index contributed by atoms with van der Waals surface area (Å²) in [6, 6.07) is 6.53. The molecule has 0 aliphatic heterocycles. The van der Waals surface area contributed by atoms with E-state index in [9.17, 15) is 4.79 Å². The lowest BCUT2D eigenvalue weighted by atomic mass is 10.2. The van der Waals surface area contributed by atoms with E-state index >= 15 is 0 Å². The fourth-order valence-electron chi connectivity index (χ4n) is 0.978. The fraction of sp³-hybridized carbons (Fsp3) is 0.111. The highest BCUT2D eigenvalue weighted by Gasteiger charge is 2.01. The molecule has 5 nitrogen and oxygen atoms in total. The summed E-state index contributed by atoms with van der Waals surface area (Å²) in [5, 5.41) is 15.0. The Balaban J connectivity index is 0.00000196. The zero-order chi connectivity index (χ0) is 10.4. The van der Waals surface area contributed by atoms with Gasteiger partial charge in [-0.1, -0.05) is 6.07 Å². The van der Waals surface area contributed by atoms with Gasteiger partial charge in [0.1, 0.15) is 0 Å². The first-order valence-electron chi connectivity index (χ1n) is 4.03. The maximum atomic E-state index is 10.6. The number of carboxylic acid groups (broad SMARTS) is 1. The summed E-state index contributed by atoms with van der Waals surface area (Å²) in [6.45, 7) is 0.472. The summed E-state index contributed by atoms with van der Waals surface area (Å²) in [4.78, 5) is 10.6. The molecule has 0 bridgehead atoms. The average molecular weight is 230 g/mol. The minimum Gasteiger partial charge on any atom is -0.478 e. The number of benzene rings is 1. The fourth-order valence-corrected chi connectivity index (χ4v) is 0.978. The number of hydrogen-bond acceptors (Lipinski definition) is 4. The quantitative estimate of drug-likeness (QED) is 0.411. The van der Waals surface area contributed by atoms with E-state index in [0.29, 0.717) is 6.54 Å². The van der Waals surface area contributed by atoms with Crippen molar-refractivity contribution < 1.29 is 9.90 Å². The minimum atomic E-state index is -0.943. The second-order valence-electron chi connectivity index (χ2n) is 2.60. The summed E-state index contributed by atoms with van der Waals surface area (Å²) >= 11 is 0. The number of hydrazone groups is 1. The number of anilines is 1. The number of nitrogens with zero attached hydrogens (tertiary/aromatic N) is 1. The summed E-state index contributed by atoms with van der Waals surface area (Å²) < 4.78 is 0. The van der Waals surface area contributed by atoms with Crippen molar-refractivity contribution in [1.29, 1.82) is 0 Å². The van der Waals surface area contributed by atoms with Gasteiger partial charge >= 0.3 is 5.97 Å². The molecule has 0 aliphatic carbocycles. The molecule has 0 aromatic heterocycles. The largest absolute Gasteiger partial charge is 0.478 e. The first-order valence-corrected chi connectivity index (χ1v) is 4.03. The van der Waals surface area contributed by atoms with E-state index in [4.69, 9.17) is 10.9 Å². The first-order chi connectivity index (χ1) is 6.74. The van der Waals surface area contributed by atoms with E-state index < -0.39 is 5.97 Å². The molecule has 4 N–H and O–H groups in total. The summed E-state index contributed by atoms with van der Waals surface area (Å²) in [5.41, 5.74) is 0.976. The van der Waals surface area contributed by atoms with Crippen LogP contribution in [0.3, 0.4) is 0 Å². The number of nitrogens with one attached hydrogen (secondary N) is 1. The van der Waals surface area contributed by atoms with Crippen molar-refractivity contribution in [2.75, 3.05) is 11.9 Å². The molecule has 15 heavy (non-hydrogen) atoms. The highest BCUT2D eigenvalue weighted by atomic mass is 35.5. The van der Waals surface area contributed by atoms with Crippen LogP contribution in [0.4, 0.5) is 5.69 Å². The van der Waals surface area contributed by atoms with Crippen molar-refractivity contribution in [2.24, 2.45) is 10.9 Å². The zero-order valence-corrected chi connectivity index (χ0v) is 8.70. The number of carboxylic acids is 1. The Hall–Kier alpha value is -1.75. The Labute approximate surface area is 93.4 Å². The monoisotopic (exact) mass is 229 g/mol. The zero-order valence-electron chi connectivity index (χ0n) is 7.88. The van der Waals surface area contributed by atoms with E-state index in [1.165, 1.54) is 12.3 Å². The van der Waals surface area contributed by atoms with Crippen LogP contribution in [0.15, 0.2) is 29.4 Å². The third kappa shape index (κ3) is 4.33. The Morgan fingerprint density at radius 1 is 1.60 bits per heavy atom. The van der Waals surface area contributed by atoms with Gasteiger partial charge in [0, 0.05) is 11.9 Å². The number of halogens is 1. The lowest BCUT2D eigenvalue weighted by Crippen LogP contribution is -2.05. The standard InChI is InChI=1S/C9H11N3O2.ClH/c10-12-5-4-11-8-3-1-2-7(6-8)9(13)14;/h1-3,5-6,11H,4,10H2,(H,13,14);1H. The van der Waals surface area contributed by atoms with Gasteiger partial charge in [0.2, 0.25) is 0 Å². The highest BCUT2D eigenvalue weighted by Crippen LogP contribution is 2.09. The molecule has 1 aromatic carbocycles. The number of rotatable bonds is 4. The average Bonchev–Trinajstić information content (AvgIpc) is 2.19. The van der Waals surface area contributed by atoms with Crippen molar-refractivity contribution in [3.05, 3.63) is 29.8 Å². The normalized spacial score (nSPS) is 9.60. The van der Waals surface area contributed by atoms with Crippen molar-refractivity contribution in [3.8, 4) is 0 Å². The molecule has 0 heterocycles. The molecule has 1 rings (SSSR count). The van der Waals surface area contributed by atoms with E-state index in [-0.39, 0.29) is 18.0 Å². The van der Waals surface area contributed by atoms with Crippen LogP contribution in [0.5, 0.6) is 0 Å². The van der Waals surface area contributed by atoms with Gasteiger partial charge in [-0.3, -0.25) is 0 Å². The summed E-state index contributed by atoms with van der Waals surface area (Å²) in [6.07, 6.45) is 1.49. The van der Waals surface area contributed by atoms with E-state index in [1.807, 2.05) is 0 Å². The third-order valence-electron chi connectivity index (χ3n) is 1.61. The van der Waals surface area contributed by atoms with Crippen LogP contribution in [0.1, 0.15) is 10.4 Å². The highest BCUT2D eigenvalue weighted by molar-refractivity contribution is 5.88. The van der Waals surface area contributed by atoms with Crippen molar-refractivity contribution in [2.45, 2.75) is 0 Å². The molecular formula is C9H12ClN3O2. The van der Waals surface area contributed by atoms with Crippen LogP contribution < -0.4 is 11.2 Å². The molecule has 0 radical (unpaired) electrons. The van der Waals surface area contributed by atoms with Crippen molar-refractivity contribution in [3.63, 3.8) is 0 Å². The molecular weight excluding hydrogens is 218 g/mol. The SMILES string of the molecule is Cl.NN=CCNc1cccc(C(=O)O)c1. The minimum absolute atomic E-state index is 0. The Morgan fingerprint density at radius 2 is 2.33 bits per heavy atom. The Kier molecular flexibility index (Phi) is 5.89. The lowest BCUT2D eigenvalue weighted by molar-refractivity contribution is 0.0697. The summed E-state index contributed by atoms with van der Waals surface area (Å²) in [5.74, 6) is 3.96. The van der Waals surface area contributed by atoms with Gasteiger partial charge in [-0.25, -0.2) is 4.79 Å². The van der Waals surface area contributed by atoms with Crippen LogP contribution in [0.2, 0.25) is 0 Å². The molecule has 0 saturated heterocycles. The van der Waals surface area contributed by atoms with E-state index in [2.05, 4.69) is 10.4 Å². The van der Waals surface area contributed by atoms with Crippen LogP contribution in [-0.2, 0) is 0 Å². The molecule has 1 aromatic rings. The van der Waals surface area contributed by atoms with Crippen LogP contribution in [0.25, 0.3) is 0 Å². The molecule has 0 amide bonds. The van der Waals surface area contributed by atoms with Crippen LogP contribution >= 0.6 is 12.4 Å². The molecule has 0 unspecified atom stereocenters. The molecule has 0 atom stereocenters. The Morgan fingerprint density at radius 3 is 2.93 bits per heavy atom. The second kappa shape index (κ2) is 6.67. The smallest absolute Gasteiger partial charge is 0.335 e. The number of hydrogen-bond donors (Lipinski definition) is 3. The lowest BCUT2D eigenvalue weighted by Gasteiger charge is -2.03. The predicted octanol–water partition coefficient (Wildman–Crippen LogP) is 1.16. The topological polar surface area (TPSA) is 87.7 Å². The molecule has 0 saturated carbocycles. The van der Waals surface area contributed by atoms with Gasteiger partial charge in [-0.2, -0.15) is 5.10 Å². The number of aromatic carboxylic acids is 1. The maximum absolute atomic E-state index is 10.6. The van der Waals surface area contributed by atoms with E-state index in [1.54, 1.807) is 18.2 Å². The molecule has 0 spiro atoms. The van der Waals surface area contributed by atoms with Gasteiger partial charge in [0.05, 0.1) is 12.1 Å². The predicted molar refractivity (Wildman–Crippen MR) is 61.8 cm³/mol. The molecule has 6 heteroatoms. The van der Waals surface area contributed by atoms with Crippen molar-refractivity contribution in [1.82, 2.24) is 0 Å². The summed E-state index contributed by atoms with van der Waals surface area (Å²) in [7, 11) is 0. The van der Waals surface area contributed by atoms with Gasteiger partial charge < -0.3 is 16.3 Å². The van der Waals surface area contributed by atoms with Crippen molar-refractivity contribution >= 4 is 30.3 Å². The van der Waals surface area contributed by atoms with Gasteiger partial charge in [-0.05, 0) is 18.2 Å². The Bertz CT molecular complexity index is 355. The van der Waals surface area contributed by atoms with Crippen LogP contribution in [-0.4, -0.2) is 23.8 Å². The molecule has 0 fully saturated rings. The van der Waals surface area contributed by atoms with Gasteiger partial charge in [0.25, 0.3) is 0 Å². The van der Waals surface area contributed by atoms with Crippen LogP contribution in [0, 0.1) is 0 Å². The van der Waals surface area contributed by atoms with E-state index in [0.717, 1.165) is 5.69 Å². The number of carbonyl (C=O) groups is 1. The third-order valence-corrected chi connectivity index (χ3v) is 1.61. The van der Waals surface area contributed by atoms with Gasteiger partial charge in [-0.15, -0.1) is 12.4 Å². The first kappa shape index (κ1) is 13.2. The second-order valence-corrected chi connectivity index (χ2v) is 2.60. The van der Waals surface area contributed by atoms with Gasteiger partial charge in [0.15, 0.2) is 0 Å². The molecule has 82 valence electrons.